The Morgan fingerprint density at radius 3 is 2.71 bits per heavy atom. The van der Waals surface area contributed by atoms with E-state index in [1.54, 1.807) is 12.1 Å². The van der Waals surface area contributed by atoms with Crippen LogP contribution >= 0.6 is 15.9 Å². The number of hydrogen-bond acceptors (Lipinski definition) is 4. The molecule has 3 rings (SSSR count). The predicted octanol–water partition coefficient (Wildman–Crippen LogP) is 5.44. The lowest BCUT2D eigenvalue weighted by Gasteiger charge is -2.12. The minimum absolute atomic E-state index is 0.172. The number of ether oxygens (including phenoxy) is 3. The second-order valence-electron chi connectivity index (χ2n) is 6.77. The largest absolute Gasteiger partial charge is 0.492 e. The molecule has 1 fully saturated rings. The molecule has 0 spiro atoms. The van der Waals surface area contributed by atoms with Crippen molar-refractivity contribution in [1.29, 1.82) is 0 Å². The number of halogens is 1. The zero-order valence-corrected chi connectivity index (χ0v) is 17.7. The van der Waals surface area contributed by atoms with E-state index < -0.39 is 0 Å². The maximum absolute atomic E-state index is 12.5. The minimum Gasteiger partial charge on any atom is -0.492 e. The summed E-state index contributed by atoms with van der Waals surface area (Å²) in [6, 6.07) is 12.7. The summed E-state index contributed by atoms with van der Waals surface area (Å²) < 4.78 is 17.8. The first-order chi connectivity index (χ1) is 13.7. The number of carbonyl (C=O) groups excluding carboxylic acids is 1. The van der Waals surface area contributed by atoms with Crippen LogP contribution in [0.2, 0.25) is 0 Å². The number of rotatable bonds is 9. The molecule has 0 bridgehead atoms. The average molecular weight is 448 g/mol. The average Bonchev–Trinajstić information content (AvgIpc) is 3.22. The summed E-state index contributed by atoms with van der Waals surface area (Å²) >= 11 is 3.48. The van der Waals surface area contributed by atoms with Crippen molar-refractivity contribution in [2.45, 2.75) is 38.7 Å². The van der Waals surface area contributed by atoms with Crippen molar-refractivity contribution in [2.75, 3.05) is 25.1 Å². The highest BCUT2D eigenvalue weighted by Crippen LogP contribution is 2.27. The van der Waals surface area contributed by atoms with Gasteiger partial charge in [-0.25, -0.2) is 0 Å². The summed E-state index contributed by atoms with van der Waals surface area (Å²) in [5, 5.41) is 2.90. The van der Waals surface area contributed by atoms with E-state index in [0.29, 0.717) is 24.5 Å². The van der Waals surface area contributed by atoms with Crippen LogP contribution in [0.25, 0.3) is 0 Å². The molecule has 1 N–H and O–H groups in total. The van der Waals surface area contributed by atoms with Gasteiger partial charge in [0.2, 0.25) is 0 Å². The number of nitrogens with one attached hydrogen (secondary N) is 1. The Kier molecular flexibility index (Phi) is 7.74. The number of anilines is 1. The molecule has 0 aromatic heterocycles. The standard InChI is InChI=1S/C22H26BrNO4/c1-2-3-12-27-21-11-6-16(14-20(21)23)22(25)24-17-7-9-18(10-8-17)28-15-19-5-4-13-26-19/h6-11,14,19H,2-5,12-13,15H2,1H3,(H,24,25). The Morgan fingerprint density at radius 1 is 1.21 bits per heavy atom. The van der Waals surface area contributed by atoms with Gasteiger partial charge in [-0.3, -0.25) is 4.79 Å². The van der Waals surface area contributed by atoms with Crippen LogP contribution in [0.1, 0.15) is 43.0 Å². The zero-order valence-electron chi connectivity index (χ0n) is 16.1. The molecule has 1 amide bonds. The number of amides is 1. The molecule has 1 aliphatic heterocycles. The molecule has 0 radical (unpaired) electrons. The van der Waals surface area contributed by atoms with Crippen LogP contribution in [0.3, 0.4) is 0 Å². The van der Waals surface area contributed by atoms with Crippen molar-refractivity contribution in [2.24, 2.45) is 0 Å². The number of unbranched alkanes of at least 4 members (excludes halogenated alkanes) is 1. The molecule has 1 unspecified atom stereocenters. The highest BCUT2D eigenvalue weighted by molar-refractivity contribution is 9.10. The lowest BCUT2D eigenvalue weighted by atomic mass is 10.2. The van der Waals surface area contributed by atoms with E-state index >= 15 is 0 Å². The van der Waals surface area contributed by atoms with E-state index in [1.807, 2.05) is 30.3 Å². The first kappa shape index (κ1) is 20.7. The van der Waals surface area contributed by atoms with Crippen LogP contribution in [0.5, 0.6) is 11.5 Å². The highest BCUT2D eigenvalue weighted by Gasteiger charge is 2.16. The lowest BCUT2D eigenvalue weighted by molar-refractivity contribution is 0.0679. The van der Waals surface area contributed by atoms with Crippen LogP contribution in [0.15, 0.2) is 46.9 Å². The van der Waals surface area contributed by atoms with Crippen LogP contribution < -0.4 is 14.8 Å². The third kappa shape index (κ3) is 5.97. The third-order valence-corrected chi connectivity index (χ3v) is 5.14. The molecule has 0 aliphatic carbocycles. The van der Waals surface area contributed by atoms with Gasteiger partial charge >= 0.3 is 0 Å². The minimum atomic E-state index is -0.172. The maximum Gasteiger partial charge on any atom is 0.255 e. The van der Waals surface area contributed by atoms with E-state index in [0.717, 1.165) is 48.3 Å². The van der Waals surface area contributed by atoms with Crippen molar-refractivity contribution in [3.05, 3.63) is 52.5 Å². The molecule has 1 aliphatic rings. The SMILES string of the molecule is CCCCOc1ccc(C(=O)Nc2ccc(OCC3CCCO3)cc2)cc1Br. The van der Waals surface area contributed by atoms with E-state index in [4.69, 9.17) is 14.2 Å². The van der Waals surface area contributed by atoms with Gasteiger partial charge in [0.15, 0.2) is 0 Å². The fourth-order valence-corrected chi connectivity index (χ4v) is 3.38. The lowest BCUT2D eigenvalue weighted by Crippen LogP contribution is -2.16. The molecule has 0 saturated carbocycles. The smallest absolute Gasteiger partial charge is 0.255 e. The second-order valence-corrected chi connectivity index (χ2v) is 7.63. The number of hydrogen-bond donors (Lipinski definition) is 1. The molecule has 6 heteroatoms. The summed E-state index contributed by atoms with van der Waals surface area (Å²) in [7, 11) is 0. The molecule has 1 atom stereocenters. The van der Waals surface area contributed by atoms with Crippen LogP contribution in [0.4, 0.5) is 5.69 Å². The van der Waals surface area contributed by atoms with Gasteiger partial charge in [-0.1, -0.05) is 13.3 Å². The van der Waals surface area contributed by atoms with Crippen molar-refractivity contribution in [1.82, 2.24) is 0 Å². The van der Waals surface area contributed by atoms with Crippen LogP contribution in [-0.2, 0) is 4.74 Å². The van der Waals surface area contributed by atoms with E-state index in [1.165, 1.54) is 0 Å². The number of carbonyl (C=O) groups is 1. The number of benzene rings is 2. The van der Waals surface area contributed by atoms with E-state index in [-0.39, 0.29) is 12.0 Å². The van der Waals surface area contributed by atoms with Gasteiger partial charge in [-0.05, 0) is 77.7 Å². The highest BCUT2D eigenvalue weighted by atomic mass is 79.9. The first-order valence-corrected chi connectivity index (χ1v) is 10.5. The summed E-state index contributed by atoms with van der Waals surface area (Å²) in [6.45, 7) is 4.17. The molecule has 5 nitrogen and oxygen atoms in total. The van der Waals surface area contributed by atoms with E-state index in [9.17, 15) is 4.79 Å². The van der Waals surface area contributed by atoms with Crippen LogP contribution in [0, 0.1) is 0 Å². The van der Waals surface area contributed by atoms with E-state index in [2.05, 4.69) is 28.2 Å². The normalized spacial score (nSPS) is 16.0. The van der Waals surface area contributed by atoms with Gasteiger partial charge in [-0.15, -0.1) is 0 Å². The fourth-order valence-electron chi connectivity index (χ4n) is 2.89. The Hall–Kier alpha value is -2.05. The van der Waals surface area contributed by atoms with Crippen molar-refractivity contribution in [3.8, 4) is 11.5 Å². The van der Waals surface area contributed by atoms with Gasteiger partial charge in [0.1, 0.15) is 18.1 Å². The summed E-state index contributed by atoms with van der Waals surface area (Å²) in [5.41, 5.74) is 1.28. The zero-order chi connectivity index (χ0) is 19.8. The Labute approximate surface area is 174 Å². The molecular weight excluding hydrogens is 422 g/mol. The van der Waals surface area contributed by atoms with Gasteiger partial charge < -0.3 is 19.5 Å². The summed E-state index contributed by atoms with van der Waals surface area (Å²) in [5.74, 6) is 1.34. The first-order valence-electron chi connectivity index (χ1n) is 9.74. The second kappa shape index (κ2) is 10.5. The van der Waals surface area contributed by atoms with Crippen molar-refractivity contribution < 1.29 is 19.0 Å². The molecule has 150 valence electrons. The molecule has 1 heterocycles. The van der Waals surface area contributed by atoms with Gasteiger partial charge in [0, 0.05) is 17.9 Å². The third-order valence-electron chi connectivity index (χ3n) is 4.52. The fraction of sp³-hybridized carbons (Fsp3) is 0.409. The molecule has 28 heavy (non-hydrogen) atoms. The monoisotopic (exact) mass is 447 g/mol. The molecule has 2 aromatic carbocycles. The van der Waals surface area contributed by atoms with Crippen molar-refractivity contribution in [3.63, 3.8) is 0 Å². The van der Waals surface area contributed by atoms with Gasteiger partial charge in [0.05, 0.1) is 17.2 Å². The topological polar surface area (TPSA) is 56.8 Å². The Balaban J connectivity index is 1.52. The predicted molar refractivity (Wildman–Crippen MR) is 113 cm³/mol. The van der Waals surface area contributed by atoms with Crippen molar-refractivity contribution >= 4 is 27.5 Å². The quantitative estimate of drug-likeness (QED) is 0.520. The summed E-state index contributed by atoms with van der Waals surface area (Å²) in [4.78, 5) is 12.5. The van der Waals surface area contributed by atoms with Crippen LogP contribution in [-0.4, -0.2) is 31.8 Å². The van der Waals surface area contributed by atoms with Gasteiger partial charge in [0.25, 0.3) is 5.91 Å². The molecular formula is C22H26BrNO4. The molecule has 1 saturated heterocycles. The summed E-state index contributed by atoms with van der Waals surface area (Å²) in [6.07, 6.45) is 4.41. The molecule has 2 aromatic rings. The Bertz CT molecular complexity index is 773. The Morgan fingerprint density at radius 2 is 2.04 bits per heavy atom. The van der Waals surface area contributed by atoms with Gasteiger partial charge in [-0.2, -0.15) is 0 Å². The maximum atomic E-state index is 12.5.